The highest BCUT2D eigenvalue weighted by molar-refractivity contribution is 5.01. The average molecular weight is 226 g/mol. The first kappa shape index (κ1) is 14.0. The molecule has 0 radical (unpaired) electrons. The van der Waals surface area contributed by atoms with Crippen molar-refractivity contribution in [2.24, 2.45) is 17.1 Å². The predicted molar refractivity (Wildman–Crippen MR) is 71.5 cm³/mol. The van der Waals surface area contributed by atoms with Gasteiger partial charge in [0.1, 0.15) is 0 Å². The standard InChI is InChI=1S/C14H30N2/c1-6-16(7-2)14(11-15)9-8-13(4,5)10-12(14)3/h12H,6-11,15H2,1-5H3. The quantitative estimate of drug-likeness (QED) is 0.798. The van der Waals surface area contributed by atoms with E-state index in [2.05, 4.69) is 39.5 Å². The molecule has 0 aromatic heterocycles. The molecule has 96 valence electrons. The molecule has 0 aromatic rings. The average Bonchev–Trinajstić information content (AvgIpc) is 2.22. The van der Waals surface area contributed by atoms with Crippen LogP contribution in [-0.2, 0) is 0 Å². The van der Waals surface area contributed by atoms with Crippen LogP contribution in [0.3, 0.4) is 0 Å². The molecule has 0 aliphatic heterocycles. The molecule has 16 heavy (non-hydrogen) atoms. The van der Waals surface area contributed by atoms with Gasteiger partial charge >= 0.3 is 0 Å². The van der Waals surface area contributed by atoms with E-state index in [9.17, 15) is 0 Å². The fourth-order valence-electron chi connectivity index (χ4n) is 3.68. The van der Waals surface area contributed by atoms with Gasteiger partial charge in [-0.25, -0.2) is 0 Å². The van der Waals surface area contributed by atoms with E-state index in [0.29, 0.717) is 11.3 Å². The molecule has 2 unspecified atom stereocenters. The lowest BCUT2D eigenvalue weighted by Crippen LogP contribution is -2.60. The van der Waals surface area contributed by atoms with Gasteiger partial charge in [0.25, 0.3) is 0 Å². The van der Waals surface area contributed by atoms with E-state index in [1.165, 1.54) is 19.3 Å². The maximum absolute atomic E-state index is 6.13. The Balaban J connectivity index is 2.88. The zero-order valence-electron chi connectivity index (χ0n) is 11.8. The summed E-state index contributed by atoms with van der Waals surface area (Å²) in [6.07, 6.45) is 3.88. The zero-order chi connectivity index (χ0) is 12.4. The van der Waals surface area contributed by atoms with E-state index in [-0.39, 0.29) is 5.54 Å². The number of likely N-dealkylation sites (N-methyl/N-ethyl adjacent to an activating group) is 1. The van der Waals surface area contributed by atoms with Gasteiger partial charge < -0.3 is 5.73 Å². The first-order valence-corrected chi connectivity index (χ1v) is 6.87. The summed E-state index contributed by atoms with van der Waals surface area (Å²) < 4.78 is 0. The van der Waals surface area contributed by atoms with E-state index >= 15 is 0 Å². The molecule has 0 spiro atoms. The third-order valence-corrected chi connectivity index (χ3v) is 4.76. The highest BCUT2D eigenvalue weighted by Gasteiger charge is 2.45. The fraction of sp³-hybridized carbons (Fsp3) is 1.00. The summed E-state index contributed by atoms with van der Waals surface area (Å²) in [5, 5.41) is 0. The van der Waals surface area contributed by atoms with E-state index in [0.717, 1.165) is 19.6 Å². The van der Waals surface area contributed by atoms with Gasteiger partial charge in [0.2, 0.25) is 0 Å². The monoisotopic (exact) mass is 226 g/mol. The zero-order valence-corrected chi connectivity index (χ0v) is 11.8. The van der Waals surface area contributed by atoms with Crippen LogP contribution in [0.1, 0.15) is 53.9 Å². The first-order chi connectivity index (χ1) is 7.41. The Hall–Kier alpha value is -0.0800. The molecule has 0 heterocycles. The van der Waals surface area contributed by atoms with Crippen molar-refractivity contribution in [3.63, 3.8) is 0 Å². The Morgan fingerprint density at radius 2 is 1.75 bits per heavy atom. The van der Waals surface area contributed by atoms with Crippen molar-refractivity contribution in [2.75, 3.05) is 19.6 Å². The van der Waals surface area contributed by atoms with Gasteiger partial charge in [0.15, 0.2) is 0 Å². The third kappa shape index (κ3) is 2.43. The minimum Gasteiger partial charge on any atom is -0.329 e. The van der Waals surface area contributed by atoms with Crippen molar-refractivity contribution < 1.29 is 0 Å². The number of nitrogens with zero attached hydrogens (tertiary/aromatic N) is 1. The topological polar surface area (TPSA) is 29.3 Å². The minimum atomic E-state index is 0.263. The second-order valence-electron chi connectivity index (χ2n) is 6.25. The van der Waals surface area contributed by atoms with Crippen LogP contribution in [0.2, 0.25) is 0 Å². The summed E-state index contributed by atoms with van der Waals surface area (Å²) in [6.45, 7) is 14.8. The molecule has 2 atom stereocenters. The van der Waals surface area contributed by atoms with Crippen LogP contribution in [0.25, 0.3) is 0 Å². The minimum absolute atomic E-state index is 0.263. The van der Waals surface area contributed by atoms with E-state index in [1.54, 1.807) is 0 Å². The molecular formula is C14H30N2. The summed E-state index contributed by atoms with van der Waals surface area (Å²) in [7, 11) is 0. The Bertz CT molecular complexity index is 221. The van der Waals surface area contributed by atoms with Crippen molar-refractivity contribution in [1.29, 1.82) is 0 Å². The molecule has 1 fully saturated rings. The van der Waals surface area contributed by atoms with Crippen LogP contribution in [0.5, 0.6) is 0 Å². The molecule has 1 saturated carbocycles. The van der Waals surface area contributed by atoms with Crippen LogP contribution < -0.4 is 5.73 Å². The highest BCUT2D eigenvalue weighted by atomic mass is 15.2. The summed E-state index contributed by atoms with van der Waals surface area (Å²) in [6, 6.07) is 0. The maximum Gasteiger partial charge on any atom is 0.0357 e. The molecule has 0 amide bonds. The van der Waals surface area contributed by atoms with Crippen LogP contribution in [0.4, 0.5) is 0 Å². The SMILES string of the molecule is CCN(CC)C1(CN)CCC(C)(C)CC1C. The number of hydrogen-bond donors (Lipinski definition) is 1. The second kappa shape index (κ2) is 5.05. The van der Waals surface area contributed by atoms with Crippen LogP contribution >= 0.6 is 0 Å². The molecule has 2 nitrogen and oxygen atoms in total. The van der Waals surface area contributed by atoms with Crippen molar-refractivity contribution in [2.45, 2.75) is 59.4 Å². The largest absolute Gasteiger partial charge is 0.329 e. The molecule has 0 aromatic carbocycles. The number of rotatable bonds is 4. The molecule has 0 saturated heterocycles. The van der Waals surface area contributed by atoms with E-state index in [1.807, 2.05) is 0 Å². The molecular weight excluding hydrogens is 196 g/mol. The smallest absolute Gasteiger partial charge is 0.0357 e. The summed E-state index contributed by atoms with van der Waals surface area (Å²) in [4.78, 5) is 2.59. The van der Waals surface area contributed by atoms with Gasteiger partial charge in [0, 0.05) is 12.1 Å². The fourth-order valence-corrected chi connectivity index (χ4v) is 3.68. The second-order valence-corrected chi connectivity index (χ2v) is 6.25. The number of nitrogens with two attached hydrogens (primary N) is 1. The maximum atomic E-state index is 6.13. The molecule has 1 aliphatic carbocycles. The Kier molecular flexibility index (Phi) is 4.42. The van der Waals surface area contributed by atoms with E-state index in [4.69, 9.17) is 5.73 Å². The summed E-state index contributed by atoms with van der Waals surface area (Å²) in [5.74, 6) is 0.709. The molecule has 1 aliphatic rings. The summed E-state index contributed by atoms with van der Waals surface area (Å²) in [5.41, 5.74) is 6.90. The summed E-state index contributed by atoms with van der Waals surface area (Å²) >= 11 is 0. The number of hydrogen-bond acceptors (Lipinski definition) is 2. The van der Waals surface area contributed by atoms with Gasteiger partial charge in [-0.05, 0) is 43.7 Å². The molecule has 2 heteroatoms. The lowest BCUT2D eigenvalue weighted by Gasteiger charge is -2.53. The Morgan fingerprint density at radius 1 is 1.19 bits per heavy atom. The van der Waals surface area contributed by atoms with Gasteiger partial charge in [-0.1, -0.05) is 34.6 Å². The van der Waals surface area contributed by atoms with Gasteiger partial charge in [0.05, 0.1) is 0 Å². The Labute approximate surface area is 102 Å². The van der Waals surface area contributed by atoms with Crippen molar-refractivity contribution in [3.05, 3.63) is 0 Å². The first-order valence-electron chi connectivity index (χ1n) is 6.87. The van der Waals surface area contributed by atoms with Crippen molar-refractivity contribution >= 4 is 0 Å². The van der Waals surface area contributed by atoms with Crippen molar-refractivity contribution in [3.8, 4) is 0 Å². The lowest BCUT2D eigenvalue weighted by atomic mass is 9.63. The van der Waals surface area contributed by atoms with Gasteiger partial charge in [-0.2, -0.15) is 0 Å². The lowest BCUT2D eigenvalue weighted by molar-refractivity contribution is -0.0166. The highest BCUT2D eigenvalue weighted by Crippen LogP contribution is 2.46. The van der Waals surface area contributed by atoms with Crippen LogP contribution in [0.15, 0.2) is 0 Å². The van der Waals surface area contributed by atoms with Crippen LogP contribution in [0, 0.1) is 11.3 Å². The predicted octanol–water partition coefficient (Wildman–Crippen LogP) is 2.87. The van der Waals surface area contributed by atoms with Crippen LogP contribution in [-0.4, -0.2) is 30.1 Å². The van der Waals surface area contributed by atoms with E-state index < -0.39 is 0 Å². The molecule has 1 rings (SSSR count). The van der Waals surface area contributed by atoms with Gasteiger partial charge in [-0.3, -0.25) is 4.90 Å². The van der Waals surface area contributed by atoms with Crippen molar-refractivity contribution in [1.82, 2.24) is 4.90 Å². The molecule has 2 N–H and O–H groups in total. The normalized spacial score (nSPS) is 34.3. The Morgan fingerprint density at radius 3 is 2.12 bits per heavy atom. The van der Waals surface area contributed by atoms with Gasteiger partial charge in [-0.15, -0.1) is 0 Å². The molecule has 0 bridgehead atoms. The third-order valence-electron chi connectivity index (χ3n) is 4.76.